The molecular weight excluding hydrogens is 616 g/mol. The van der Waals surface area contributed by atoms with Crippen molar-refractivity contribution in [3.8, 4) is 5.75 Å². The van der Waals surface area contributed by atoms with Gasteiger partial charge in [0.15, 0.2) is 5.75 Å². The highest BCUT2D eigenvalue weighted by Gasteiger charge is 2.26. The number of carbonyl (C=O) groups is 1. The predicted octanol–water partition coefficient (Wildman–Crippen LogP) is 5.08. The van der Waals surface area contributed by atoms with Crippen LogP contribution in [0.4, 0.5) is 14.5 Å². The van der Waals surface area contributed by atoms with E-state index in [9.17, 15) is 13.6 Å². The number of aldehydes is 1. The summed E-state index contributed by atoms with van der Waals surface area (Å²) in [5, 5.41) is 14.2. The van der Waals surface area contributed by atoms with Crippen LogP contribution in [0.1, 0.15) is 56.0 Å². The van der Waals surface area contributed by atoms with Gasteiger partial charge in [-0.05, 0) is 69.1 Å². The number of nitrogens with one attached hydrogen (secondary N) is 3. The van der Waals surface area contributed by atoms with Gasteiger partial charge in [-0.1, -0.05) is 17.7 Å². The lowest BCUT2D eigenvalue weighted by atomic mass is 10.1. The number of carbonyl (C=O) groups excluding carboxylic acids is 1. The highest BCUT2D eigenvalue weighted by atomic mass is 19.3. The van der Waals surface area contributed by atoms with Crippen LogP contribution in [-0.4, -0.2) is 74.3 Å². The van der Waals surface area contributed by atoms with Crippen molar-refractivity contribution >= 4 is 35.4 Å². The zero-order valence-electron chi connectivity index (χ0n) is 28.0. The average molecular weight is 664 g/mol. The Morgan fingerprint density at radius 2 is 1.90 bits per heavy atom. The number of rotatable bonds is 13. The van der Waals surface area contributed by atoms with Crippen LogP contribution in [0.3, 0.4) is 0 Å². The molecule has 3 aliphatic rings. The molecule has 1 aromatic heterocycles. The van der Waals surface area contributed by atoms with Gasteiger partial charge >= 0.3 is 0 Å². The number of nitrogens with zero attached hydrogens (tertiary/aromatic N) is 4. The lowest BCUT2D eigenvalue weighted by Crippen LogP contribution is -2.49. The molecule has 3 fully saturated rings. The van der Waals surface area contributed by atoms with Crippen molar-refractivity contribution in [2.24, 2.45) is 27.4 Å². The Kier molecular flexibility index (Phi) is 14.9. The number of amidine groups is 1. The molecule has 48 heavy (non-hydrogen) atoms. The van der Waals surface area contributed by atoms with E-state index in [1.807, 2.05) is 25.2 Å². The number of pyridine rings is 1. The summed E-state index contributed by atoms with van der Waals surface area (Å²) in [5.41, 5.74) is 16.6. The Hall–Kier alpha value is -4.91. The first-order chi connectivity index (χ1) is 23.1. The van der Waals surface area contributed by atoms with E-state index in [4.69, 9.17) is 21.6 Å². The number of aliphatic imine (C=N–C) groups is 2. The molecule has 0 amide bonds. The Morgan fingerprint density at radius 3 is 2.42 bits per heavy atom. The van der Waals surface area contributed by atoms with Gasteiger partial charge in [-0.15, -0.1) is 0 Å². The average Bonchev–Trinajstić information content (AvgIpc) is 4.00. The number of alkyl halides is 2. The van der Waals surface area contributed by atoms with E-state index in [-0.39, 0.29) is 23.3 Å². The molecule has 0 unspecified atom stereocenters. The van der Waals surface area contributed by atoms with Crippen molar-refractivity contribution in [1.82, 2.24) is 15.2 Å². The molecule has 1 saturated heterocycles. The zero-order valence-corrected chi connectivity index (χ0v) is 28.0. The van der Waals surface area contributed by atoms with Gasteiger partial charge in [0.1, 0.15) is 17.8 Å². The third kappa shape index (κ3) is 12.7. The number of anilines is 1. The number of aromatic nitrogens is 1. The number of allylic oxidation sites excluding steroid dienone is 3. The maximum Gasteiger partial charge on any atom is 0.280 e. The fourth-order valence-corrected chi connectivity index (χ4v) is 4.37. The highest BCUT2D eigenvalue weighted by Crippen LogP contribution is 2.33. The molecule has 2 heterocycles. The van der Waals surface area contributed by atoms with E-state index in [0.29, 0.717) is 59.6 Å². The first kappa shape index (κ1) is 37.5. The van der Waals surface area contributed by atoms with E-state index in [0.717, 1.165) is 19.1 Å². The van der Waals surface area contributed by atoms with Gasteiger partial charge in [-0.3, -0.25) is 19.9 Å². The van der Waals surface area contributed by atoms with Crippen molar-refractivity contribution in [3.05, 3.63) is 83.0 Å². The number of para-hydroxylation sites is 1. The fraction of sp³-hybridized carbons (Fsp3) is 0.400. The molecule has 0 atom stereocenters. The second kappa shape index (κ2) is 19.0. The Bertz CT molecular complexity index is 1540. The van der Waals surface area contributed by atoms with Crippen LogP contribution in [-0.2, 0) is 11.3 Å². The van der Waals surface area contributed by atoms with Crippen molar-refractivity contribution in [1.29, 1.82) is 5.41 Å². The van der Waals surface area contributed by atoms with Gasteiger partial charge in [0.2, 0.25) is 0 Å². The second-order valence-electron chi connectivity index (χ2n) is 11.5. The summed E-state index contributed by atoms with van der Waals surface area (Å²) < 4.78 is 31.3. The molecule has 0 spiro atoms. The van der Waals surface area contributed by atoms with Gasteiger partial charge in [0, 0.05) is 63.2 Å². The largest absolute Gasteiger partial charge is 0.494 e. The quantitative estimate of drug-likeness (QED) is 0.112. The van der Waals surface area contributed by atoms with Crippen molar-refractivity contribution in [3.63, 3.8) is 0 Å². The van der Waals surface area contributed by atoms with Gasteiger partial charge in [-0.2, -0.15) is 0 Å². The lowest BCUT2D eigenvalue weighted by Gasteiger charge is -2.36. The van der Waals surface area contributed by atoms with Crippen LogP contribution in [0.25, 0.3) is 5.70 Å². The Balaban J connectivity index is 0.000000476. The predicted molar refractivity (Wildman–Crippen MR) is 190 cm³/mol. The first-order valence-electron chi connectivity index (χ1n) is 15.8. The number of nitrogens with two attached hydrogens (primary N) is 2. The first-order valence-corrected chi connectivity index (χ1v) is 15.8. The van der Waals surface area contributed by atoms with Gasteiger partial charge in [0.25, 0.3) is 6.43 Å². The van der Waals surface area contributed by atoms with Crippen LogP contribution in [0.2, 0.25) is 0 Å². The van der Waals surface area contributed by atoms with Crippen LogP contribution in [0, 0.1) is 11.3 Å². The summed E-state index contributed by atoms with van der Waals surface area (Å²) in [6, 6.07) is 10.2. The van der Waals surface area contributed by atoms with E-state index in [2.05, 4.69) is 36.7 Å². The van der Waals surface area contributed by atoms with Crippen LogP contribution in [0.5, 0.6) is 5.75 Å². The third-order valence-corrected chi connectivity index (χ3v) is 7.38. The summed E-state index contributed by atoms with van der Waals surface area (Å²) >= 11 is 0. The Morgan fingerprint density at radius 1 is 1.19 bits per heavy atom. The number of ether oxygens (including phenoxy) is 1. The standard InChI is InChI=1S/C26H32F2N8O.C5H9N.C4H6O/c1-16(29)23(12-24(31)32-2)35-21-8-5-7-19(25(21)37-3)20(30)10-11-33-18-14-36(15-18)13-17-6-4-9-22(34-17)26(27)28;1-6-4-5-2-3-5;5-3-4-1-2-4/h4-12,18,26,29,35H,13-15,30H2,1-3H3,(H2,31,32);4,6H,2-3H2,1H3;3-4H,1-2H2/b20-10-,23-12+,29-16?,33-11?;;. The van der Waals surface area contributed by atoms with Crippen molar-refractivity contribution in [2.45, 2.75) is 51.6 Å². The Labute approximate surface area is 281 Å². The molecular formula is C35H47F2N9O2. The van der Waals surface area contributed by atoms with E-state index in [1.54, 1.807) is 57.2 Å². The molecule has 0 radical (unpaired) electrons. The number of hydrogen-bond donors (Lipinski definition) is 5. The molecule has 258 valence electrons. The number of hydrogen-bond acceptors (Lipinski definition) is 10. The maximum atomic E-state index is 12.8. The smallest absolute Gasteiger partial charge is 0.280 e. The van der Waals surface area contributed by atoms with E-state index in [1.165, 1.54) is 18.9 Å². The topological polar surface area (TPSA) is 167 Å². The molecule has 7 N–H and O–H groups in total. The van der Waals surface area contributed by atoms with Gasteiger partial charge < -0.3 is 37.0 Å². The van der Waals surface area contributed by atoms with E-state index < -0.39 is 6.43 Å². The molecule has 1 aliphatic heterocycles. The molecule has 2 saturated carbocycles. The van der Waals surface area contributed by atoms with Crippen LogP contribution in [0.15, 0.2) is 76.0 Å². The minimum absolute atomic E-state index is 0.0891. The normalized spacial score (nSPS) is 16.6. The highest BCUT2D eigenvalue weighted by molar-refractivity contribution is 6.06. The summed E-state index contributed by atoms with van der Waals surface area (Å²) in [7, 11) is 5.05. The SMILES string of the molecule is CN=C(N)/C=C(/Nc1cccc(/C(N)=C/C=NC2CN(Cc3cccc(C(F)F)n3)C2)c1OC)C(C)=N.CNC=C1CC1.O=CC1CC1. The number of halogens is 2. The van der Waals surface area contributed by atoms with Crippen molar-refractivity contribution < 1.29 is 18.3 Å². The van der Waals surface area contributed by atoms with Crippen LogP contribution >= 0.6 is 0 Å². The van der Waals surface area contributed by atoms with Crippen molar-refractivity contribution in [2.75, 3.05) is 39.6 Å². The summed E-state index contributed by atoms with van der Waals surface area (Å²) in [5.74, 6) is 1.25. The molecule has 2 aliphatic carbocycles. The number of methoxy groups -OCH3 is 1. The lowest BCUT2D eigenvalue weighted by molar-refractivity contribution is -0.108. The summed E-state index contributed by atoms with van der Waals surface area (Å²) in [6.07, 6.45) is 10.4. The minimum Gasteiger partial charge on any atom is -0.494 e. The molecule has 13 heteroatoms. The number of benzene rings is 1. The van der Waals surface area contributed by atoms with Gasteiger partial charge in [0.05, 0.1) is 35.9 Å². The van der Waals surface area contributed by atoms with Gasteiger partial charge in [-0.25, -0.2) is 8.78 Å². The molecule has 2 aromatic rings. The number of likely N-dealkylation sites (tertiary alicyclic amines) is 1. The monoisotopic (exact) mass is 663 g/mol. The minimum atomic E-state index is -2.58. The molecule has 11 nitrogen and oxygen atoms in total. The third-order valence-electron chi connectivity index (χ3n) is 7.38. The van der Waals surface area contributed by atoms with E-state index >= 15 is 0 Å². The molecule has 5 rings (SSSR count). The fourth-order valence-electron chi connectivity index (χ4n) is 4.37. The summed E-state index contributed by atoms with van der Waals surface area (Å²) in [6.45, 7) is 3.55. The molecule has 0 bridgehead atoms. The maximum absolute atomic E-state index is 12.8. The summed E-state index contributed by atoms with van der Waals surface area (Å²) in [4.78, 5) is 24.1. The zero-order chi connectivity index (χ0) is 35.1. The van der Waals surface area contributed by atoms with Crippen LogP contribution < -0.4 is 26.8 Å². The second-order valence-corrected chi connectivity index (χ2v) is 11.5. The molecule has 1 aromatic carbocycles.